The summed E-state index contributed by atoms with van der Waals surface area (Å²) in [6.45, 7) is 6.24. The van der Waals surface area contributed by atoms with Crippen LogP contribution in [0.3, 0.4) is 0 Å². The van der Waals surface area contributed by atoms with Gasteiger partial charge in [-0.1, -0.05) is 50.2 Å². The van der Waals surface area contributed by atoms with Crippen LogP contribution in [0.5, 0.6) is 0 Å². The first-order valence-corrected chi connectivity index (χ1v) is 10.8. The molecule has 3 aromatic rings. The second kappa shape index (κ2) is 10.8. The van der Waals surface area contributed by atoms with Crippen LogP contribution in [0.25, 0.3) is 10.8 Å². The second-order valence-corrected chi connectivity index (χ2v) is 7.42. The highest BCUT2D eigenvalue weighted by molar-refractivity contribution is 5.96. The SMILES string of the molecule is CCCNc1ccc(NC(=O)C(NCCN)c2ccc3ccccc3c2)cc1CC. The number of anilines is 2. The summed E-state index contributed by atoms with van der Waals surface area (Å²) in [5, 5.41) is 12.1. The van der Waals surface area contributed by atoms with Crippen molar-refractivity contribution >= 4 is 28.1 Å². The first-order valence-electron chi connectivity index (χ1n) is 10.8. The van der Waals surface area contributed by atoms with Gasteiger partial charge >= 0.3 is 0 Å². The number of aryl methyl sites for hydroxylation is 1. The molecular weight excluding hydrogens is 372 g/mol. The first-order chi connectivity index (χ1) is 14.7. The Bertz CT molecular complexity index is 986. The molecule has 3 rings (SSSR count). The monoisotopic (exact) mass is 404 g/mol. The van der Waals surface area contributed by atoms with Crippen LogP contribution < -0.4 is 21.7 Å². The highest BCUT2D eigenvalue weighted by atomic mass is 16.2. The lowest BCUT2D eigenvalue weighted by molar-refractivity contribution is -0.118. The van der Waals surface area contributed by atoms with Crippen molar-refractivity contribution in [2.75, 3.05) is 30.3 Å². The number of nitrogens with one attached hydrogen (secondary N) is 3. The normalized spacial score (nSPS) is 12.0. The zero-order valence-corrected chi connectivity index (χ0v) is 17.9. The van der Waals surface area contributed by atoms with E-state index in [1.165, 1.54) is 5.56 Å². The zero-order chi connectivity index (χ0) is 21.3. The van der Waals surface area contributed by atoms with Gasteiger partial charge in [0, 0.05) is 31.0 Å². The Labute approximate surface area is 179 Å². The second-order valence-electron chi connectivity index (χ2n) is 7.42. The summed E-state index contributed by atoms with van der Waals surface area (Å²) in [4.78, 5) is 13.2. The molecule has 0 spiro atoms. The highest BCUT2D eigenvalue weighted by Crippen LogP contribution is 2.24. The van der Waals surface area contributed by atoms with Gasteiger partial charge in [0.2, 0.25) is 5.91 Å². The van der Waals surface area contributed by atoms with Crippen LogP contribution in [-0.2, 0) is 11.2 Å². The summed E-state index contributed by atoms with van der Waals surface area (Å²) in [6, 6.07) is 19.9. The molecule has 0 saturated carbocycles. The van der Waals surface area contributed by atoms with E-state index in [4.69, 9.17) is 5.73 Å². The number of carbonyl (C=O) groups excluding carboxylic acids is 1. The van der Waals surface area contributed by atoms with Gasteiger partial charge in [-0.3, -0.25) is 4.79 Å². The molecule has 0 bridgehead atoms. The first kappa shape index (κ1) is 21.8. The van der Waals surface area contributed by atoms with E-state index in [0.29, 0.717) is 13.1 Å². The summed E-state index contributed by atoms with van der Waals surface area (Å²) in [6.07, 6.45) is 1.97. The standard InChI is InChI=1S/C25H32N4O/c1-3-14-27-23-12-11-22(17-18(23)4-2)29-25(30)24(28-15-13-26)21-10-9-19-7-5-6-8-20(19)16-21/h5-12,16-17,24,27-28H,3-4,13-15,26H2,1-2H3,(H,29,30). The Morgan fingerprint density at radius 3 is 2.50 bits per heavy atom. The van der Waals surface area contributed by atoms with Crippen molar-refractivity contribution in [3.05, 3.63) is 71.8 Å². The molecule has 0 fully saturated rings. The molecule has 0 aliphatic carbocycles. The maximum absolute atomic E-state index is 13.2. The van der Waals surface area contributed by atoms with Crippen LogP contribution in [0.15, 0.2) is 60.7 Å². The minimum Gasteiger partial charge on any atom is -0.385 e. The van der Waals surface area contributed by atoms with Gasteiger partial charge < -0.3 is 21.7 Å². The van der Waals surface area contributed by atoms with Crippen LogP contribution in [0, 0.1) is 0 Å². The molecule has 0 radical (unpaired) electrons. The third kappa shape index (κ3) is 5.38. The van der Waals surface area contributed by atoms with Crippen LogP contribution in [0.1, 0.15) is 37.4 Å². The van der Waals surface area contributed by atoms with Crippen LogP contribution in [-0.4, -0.2) is 25.5 Å². The van der Waals surface area contributed by atoms with E-state index in [9.17, 15) is 4.79 Å². The molecule has 5 heteroatoms. The van der Waals surface area contributed by atoms with Crippen LogP contribution in [0.2, 0.25) is 0 Å². The van der Waals surface area contributed by atoms with Crippen LogP contribution in [0.4, 0.5) is 11.4 Å². The van der Waals surface area contributed by atoms with Gasteiger partial charge in [0.1, 0.15) is 6.04 Å². The lowest BCUT2D eigenvalue weighted by atomic mass is 10.0. The molecule has 5 nitrogen and oxygen atoms in total. The zero-order valence-electron chi connectivity index (χ0n) is 17.9. The summed E-state index contributed by atoms with van der Waals surface area (Å²) in [5.41, 5.74) is 9.75. The molecule has 1 unspecified atom stereocenters. The lowest BCUT2D eigenvalue weighted by Gasteiger charge is -2.20. The smallest absolute Gasteiger partial charge is 0.246 e. The average Bonchev–Trinajstić information content (AvgIpc) is 2.78. The minimum atomic E-state index is -0.471. The molecule has 0 aliphatic rings. The molecule has 1 atom stereocenters. The Morgan fingerprint density at radius 2 is 1.77 bits per heavy atom. The van der Waals surface area contributed by atoms with E-state index in [0.717, 1.165) is 47.1 Å². The van der Waals surface area contributed by atoms with Gasteiger partial charge in [-0.15, -0.1) is 0 Å². The van der Waals surface area contributed by atoms with Gasteiger partial charge in [0.05, 0.1) is 0 Å². The predicted molar refractivity (Wildman–Crippen MR) is 127 cm³/mol. The third-order valence-corrected chi connectivity index (χ3v) is 5.18. The molecule has 158 valence electrons. The van der Waals surface area contributed by atoms with Gasteiger partial charge in [-0.2, -0.15) is 0 Å². The Balaban J connectivity index is 1.82. The number of hydrogen-bond donors (Lipinski definition) is 4. The van der Waals surface area contributed by atoms with E-state index in [-0.39, 0.29) is 5.91 Å². The largest absolute Gasteiger partial charge is 0.385 e. The molecule has 0 aliphatic heterocycles. The van der Waals surface area contributed by atoms with Crippen molar-refractivity contribution in [1.29, 1.82) is 0 Å². The molecule has 0 heterocycles. The van der Waals surface area contributed by atoms with E-state index in [1.54, 1.807) is 0 Å². The maximum Gasteiger partial charge on any atom is 0.246 e. The van der Waals surface area contributed by atoms with Crippen molar-refractivity contribution in [3.63, 3.8) is 0 Å². The van der Waals surface area contributed by atoms with Gasteiger partial charge in [-0.25, -0.2) is 0 Å². The highest BCUT2D eigenvalue weighted by Gasteiger charge is 2.20. The summed E-state index contributed by atoms with van der Waals surface area (Å²) < 4.78 is 0. The number of carbonyl (C=O) groups is 1. The maximum atomic E-state index is 13.2. The average molecular weight is 405 g/mol. The summed E-state index contributed by atoms with van der Waals surface area (Å²) in [7, 11) is 0. The lowest BCUT2D eigenvalue weighted by Crippen LogP contribution is -2.35. The predicted octanol–water partition coefficient (Wildman–Crippen LogP) is 4.45. The number of nitrogens with two attached hydrogens (primary N) is 1. The molecule has 0 saturated heterocycles. The van der Waals surface area contributed by atoms with Crippen molar-refractivity contribution < 1.29 is 4.79 Å². The van der Waals surface area contributed by atoms with Crippen LogP contribution >= 0.6 is 0 Å². The summed E-state index contributed by atoms with van der Waals surface area (Å²) in [5.74, 6) is -0.0879. The number of hydrogen-bond acceptors (Lipinski definition) is 4. The third-order valence-electron chi connectivity index (χ3n) is 5.18. The number of fused-ring (bicyclic) bond motifs is 1. The van der Waals surface area contributed by atoms with Crippen molar-refractivity contribution in [2.45, 2.75) is 32.7 Å². The topological polar surface area (TPSA) is 79.2 Å². The Morgan fingerprint density at radius 1 is 0.967 bits per heavy atom. The van der Waals surface area contributed by atoms with Gasteiger partial charge in [0.15, 0.2) is 0 Å². The molecule has 1 amide bonds. The van der Waals surface area contributed by atoms with Crippen molar-refractivity contribution in [2.24, 2.45) is 5.73 Å². The number of benzene rings is 3. The fourth-order valence-corrected chi connectivity index (χ4v) is 3.59. The Hall–Kier alpha value is -2.89. The van der Waals surface area contributed by atoms with E-state index in [2.05, 4.69) is 60.1 Å². The fourth-order valence-electron chi connectivity index (χ4n) is 3.59. The van der Waals surface area contributed by atoms with E-state index < -0.39 is 6.04 Å². The molecular formula is C25H32N4O. The number of amides is 1. The molecule has 3 aromatic carbocycles. The summed E-state index contributed by atoms with van der Waals surface area (Å²) >= 11 is 0. The van der Waals surface area contributed by atoms with Crippen molar-refractivity contribution in [3.8, 4) is 0 Å². The molecule has 30 heavy (non-hydrogen) atoms. The number of rotatable bonds is 10. The van der Waals surface area contributed by atoms with Gasteiger partial charge in [-0.05, 0) is 59.0 Å². The molecule has 0 aromatic heterocycles. The van der Waals surface area contributed by atoms with Crippen molar-refractivity contribution in [1.82, 2.24) is 5.32 Å². The van der Waals surface area contributed by atoms with E-state index in [1.807, 2.05) is 30.3 Å². The van der Waals surface area contributed by atoms with Gasteiger partial charge in [0.25, 0.3) is 0 Å². The quantitative estimate of drug-likeness (QED) is 0.402. The molecule has 5 N–H and O–H groups in total. The fraction of sp³-hybridized carbons (Fsp3) is 0.320. The van der Waals surface area contributed by atoms with E-state index >= 15 is 0 Å². The Kier molecular flexibility index (Phi) is 7.82. The minimum absolute atomic E-state index is 0.0879.